The van der Waals surface area contributed by atoms with Gasteiger partial charge in [0.25, 0.3) is 0 Å². The molecule has 0 aliphatic carbocycles. The average molecular weight is 184 g/mol. The highest BCUT2D eigenvalue weighted by molar-refractivity contribution is 5.60. The second kappa shape index (κ2) is 3.76. The second-order valence-corrected chi connectivity index (χ2v) is 4.12. The molecule has 0 spiro atoms. The zero-order valence-corrected chi connectivity index (χ0v) is 7.83. The molecule has 0 saturated carbocycles. The molecule has 3 heteroatoms. The molecule has 1 unspecified atom stereocenters. The molecular formula is C10H16O3. The van der Waals surface area contributed by atoms with Gasteiger partial charge in [-0.15, -0.1) is 0 Å². The summed E-state index contributed by atoms with van der Waals surface area (Å²) in [7, 11) is 0. The van der Waals surface area contributed by atoms with Crippen molar-refractivity contribution in [3.63, 3.8) is 0 Å². The van der Waals surface area contributed by atoms with Crippen LogP contribution in [0.3, 0.4) is 0 Å². The normalized spacial score (nSPS) is 39.5. The maximum Gasteiger partial charge on any atom is 0.128 e. The molecule has 2 saturated heterocycles. The van der Waals surface area contributed by atoms with E-state index in [4.69, 9.17) is 9.47 Å². The number of ether oxygens (including phenoxy) is 2. The molecule has 13 heavy (non-hydrogen) atoms. The van der Waals surface area contributed by atoms with E-state index in [1.807, 2.05) is 0 Å². The van der Waals surface area contributed by atoms with E-state index in [1.54, 1.807) is 0 Å². The van der Waals surface area contributed by atoms with Gasteiger partial charge in [-0.05, 0) is 25.7 Å². The van der Waals surface area contributed by atoms with Crippen LogP contribution in [0.25, 0.3) is 0 Å². The Balaban J connectivity index is 1.92. The van der Waals surface area contributed by atoms with Crippen molar-refractivity contribution in [3.8, 4) is 0 Å². The van der Waals surface area contributed by atoms with E-state index in [0.717, 1.165) is 45.2 Å². The number of carbonyl (C=O) groups excluding carboxylic acids is 1. The maximum atomic E-state index is 11.0. The van der Waals surface area contributed by atoms with Gasteiger partial charge >= 0.3 is 0 Å². The maximum absolute atomic E-state index is 11.0. The SMILES string of the molecule is O=CC1(C[C@H]2CCCO2)CCOC1. The van der Waals surface area contributed by atoms with E-state index < -0.39 is 0 Å². The topological polar surface area (TPSA) is 35.5 Å². The molecule has 2 rings (SSSR count). The summed E-state index contributed by atoms with van der Waals surface area (Å²) < 4.78 is 10.8. The zero-order chi connectivity index (χ0) is 9.15. The van der Waals surface area contributed by atoms with E-state index in [2.05, 4.69) is 0 Å². The molecule has 0 amide bonds. The number of carbonyl (C=O) groups is 1. The van der Waals surface area contributed by atoms with Crippen molar-refractivity contribution in [1.82, 2.24) is 0 Å². The first-order valence-corrected chi connectivity index (χ1v) is 5.00. The van der Waals surface area contributed by atoms with Crippen LogP contribution in [-0.2, 0) is 14.3 Å². The molecule has 0 aromatic rings. The van der Waals surface area contributed by atoms with Crippen molar-refractivity contribution < 1.29 is 14.3 Å². The molecule has 74 valence electrons. The lowest BCUT2D eigenvalue weighted by molar-refractivity contribution is -0.118. The van der Waals surface area contributed by atoms with Gasteiger partial charge in [0.2, 0.25) is 0 Å². The van der Waals surface area contributed by atoms with Crippen LogP contribution in [0.5, 0.6) is 0 Å². The first-order chi connectivity index (χ1) is 6.35. The molecule has 0 N–H and O–H groups in total. The molecule has 2 aliphatic rings. The highest BCUT2D eigenvalue weighted by atomic mass is 16.5. The molecule has 3 nitrogen and oxygen atoms in total. The Morgan fingerprint density at radius 1 is 1.46 bits per heavy atom. The minimum absolute atomic E-state index is 0.227. The highest BCUT2D eigenvalue weighted by Gasteiger charge is 2.38. The molecule has 0 radical (unpaired) electrons. The summed E-state index contributed by atoms with van der Waals surface area (Å²) in [5, 5.41) is 0. The Hall–Kier alpha value is -0.410. The summed E-state index contributed by atoms with van der Waals surface area (Å²) in [6.07, 6.45) is 5.34. The van der Waals surface area contributed by atoms with Gasteiger partial charge in [0.1, 0.15) is 6.29 Å². The quantitative estimate of drug-likeness (QED) is 0.617. The number of rotatable bonds is 3. The summed E-state index contributed by atoms with van der Waals surface area (Å²) >= 11 is 0. The van der Waals surface area contributed by atoms with Crippen molar-refractivity contribution in [3.05, 3.63) is 0 Å². The molecule has 2 atom stereocenters. The first-order valence-electron chi connectivity index (χ1n) is 5.00. The van der Waals surface area contributed by atoms with E-state index in [-0.39, 0.29) is 5.41 Å². The fourth-order valence-corrected chi connectivity index (χ4v) is 2.18. The third kappa shape index (κ3) is 1.92. The van der Waals surface area contributed by atoms with Gasteiger partial charge in [-0.2, -0.15) is 0 Å². The monoisotopic (exact) mass is 184 g/mol. The van der Waals surface area contributed by atoms with Crippen LogP contribution in [0.1, 0.15) is 25.7 Å². The van der Waals surface area contributed by atoms with Crippen LogP contribution >= 0.6 is 0 Å². The second-order valence-electron chi connectivity index (χ2n) is 4.12. The van der Waals surface area contributed by atoms with Crippen LogP contribution in [0, 0.1) is 5.41 Å². The lowest BCUT2D eigenvalue weighted by atomic mass is 9.83. The Labute approximate surface area is 78.4 Å². The van der Waals surface area contributed by atoms with Crippen LogP contribution in [0.2, 0.25) is 0 Å². The molecule has 0 bridgehead atoms. The van der Waals surface area contributed by atoms with E-state index in [9.17, 15) is 4.79 Å². The Kier molecular flexibility index (Phi) is 2.65. The molecule has 0 aromatic heterocycles. The fraction of sp³-hybridized carbons (Fsp3) is 0.900. The van der Waals surface area contributed by atoms with Crippen molar-refractivity contribution in [2.45, 2.75) is 31.8 Å². The highest BCUT2D eigenvalue weighted by Crippen LogP contribution is 2.34. The minimum Gasteiger partial charge on any atom is -0.380 e. The Morgan fingerprint density at radius 3 is 2.92 bits per heavy atom. The minimum atomic E-state index is -0.227. The Bertz CT molecular complexity index is 179. The van der Waals surface area contributed by atoms with Gasteiger partial charge in [-0.25, -0.2) is 0 Å². The van der Waals surface area contributed by atoms with Crippen LogP contribution in [0.15, 0.2) is 0 Å². The van der Waals surface area contributed by atoms with Crippen molar-refractivity contribution >= 4 is 6.29 Å². The van der Waals surface area contributed by atoms with Gasteiger partial charge in [0, 0.05) is 13.2 Å². The predicted octanol–water partition coefficient (Wildman–Crippen LogP) is 1.16. The van der Waals surface area contributed by atoms with Crippen LogP contribution in [-0.4, -0.2) is 32.2 Å². The lowest BCUT2D eigenvalue weighted by Crippen LogP contribution is -2.28. The van der Waals surface area contributed by atoms with Crippen LogP contribution in [0.4, 0.5) is 0 Å². The van der Waals surface area contributed by atoms with Crippen molar-refractivity contribution in [1.29, 1.82) is 0 Å². The number of aldehydes is 1. The third-order valence-corrected chi connectivity index (χ3v) is 3.04. The van der Waals surface area contributed by atoms with Gasteiger partial charge in [-0.1, -0.05) is 0 Å². The number of hydrogen-bond acceptors (Lipinski definition) is 3. The number of hydrogen-bond donors (Lipinski definition) is 0. The van der Waals surface area contributed by atoms with E-state index in [1.165, 1.54) is 0 Å². The largest absolute Gasteiger partial charge is 0.380 e. The van der Waals surface area contributed by atoms with Crippen molar-refractivity contribution in [2.75, 3.05) is 19.8 Å². The van der Waals surface area contributed by atoms with E-state index in [0.29, 0.717) is 12.7 Å². The molecule has 0 aromatic carbocycles. The third-order valence-electron chi connectivity index (χ3n) is 3.04. The van der Waals surface area contributed by atoms with Gasteiger partial charge in [0.15, 0.2) is 0 Å². The smallest absolute Gasteiger partial charge is 0.128 e. The zero-order valence-electron chi connectivity index (χ0n) is 7.83. The standard InChI is InChI=1S/C10H16O3/c11-7-10(3-5-12-8-10)6-9-2-1-4-13-9/h7,9H,1-6,8H2/t9-,10?/m1/s1. The van der Waals surface area contributed by atoms with E-state index >= 15 is 0 Å². The van der Waals surface area contributed by atoms with Gasteiger partial charge in [-0.3, -0.25) is 0 Å². The molecule has 2 fully saturated rings. The molecule has 2 aliphatic heterocycles. The average Bonchev–Trinajstić information content (AvgIpc) is 2.77. The van der Waals surface area contributed by atoms with Crippen LogP contribution < -0.4 is 0 Å². The van der Waals surface area contributed by atoms with Gasteiger partial charge < -0.3 is 14.3 Å². The molecule has 2 heterocycles. The molecular weight excluding hydrogens is 168 g/mol. The Morgan fingerprint density at radius 2 is 2.38 bits per heavy atom. The fourth-order valence-electron chi connectivity index (χ4n) is 2.18. The van der Waals surface area contributed by atoms with Gasteiger partial charge in [0.05, 0.1) is 18.1 Å². The van der Waals surface area contributed by atoms with Crippen molar-refractivity contribution in [2.24, 2.45) is 5.41 Å². The summed E-state index contributed by atoms with van der Waals surface area (Å²) in [6, 6.07) is 0. The summed E-state index contributed by atoms with van der Waals surface area (Å²) in [4.78, 5) is 11.0. The lowest BCUT2D eigenvalue weighted by Gasteiger charge is -2.23. The summed E-state index contributed by atoms with van der Waals surface area (Å²) in [5.41, 5.74) is -0.227. The summed E-state index contributed by atoms with van der Waals surface area (Å²) in [5.74, 6) is 0. The predicted molar refractivity (Wildman–Crippen MR) is 47.5 cm³/mol. The first kappa shape index (κ1) is 9.16. The summed E-state index contributed by atoms with van der Waals surface area (Å²) in [6.45, 7) is 2.18.